The van der Waals surface area contributed by atoms with Crippen molar-refractivity contribution in [3.8, 4) is 5.75 Å². The number of rotatable bonds is 13. The Morgan fingerprint density at radius 1 is 0.933 bits per heavy atom. The van der Waals surface area contributed by atoms with E-state index in [1.165, 1.54) is 12.1 Å². The van der Waals surface area contributed by atoms with Gasteiger partial charge in [-0.05, 0) is 43.5 Å². The monoisotopic (exact) mass is 423 g/mol. The highest BCUT2D eigenvalue weighted by atomic mass is 16.4. The van der Waals surface area contributed by atoms with Crippen LogP contribution in [0.25, 0.3) is 0 Å². The molecular formula is C19H29N5O6. The zero-order chi connectivity index (χ0) is 22.5. The summed E-state index contributed by atoms with van der Waals surface area (Å²) in [5.41, 5.74) is 11.3. The zero-order valence-electron chi connectivity index (χ0n) is 16.6. The van der Waals surface area contributed by atoms with Gasteiger partial charge in [0, 0.05) is 6.42 Å². The number of aromatic hydroxyl groups is 1. The SMILES string of the molecule is NCCCCC(NC(=O)CN)C(=O)NCC(=O)NC(Cc1ccc(O)cc1)C(=O)O. The van der Waals surface area contributed by atoms with Crippen LogP contribution >= 0.6 is 0 Å². The molecule has 0 saturated carbocycles. The molecule has 2 atom stereocenters. The van der Waals surface area contributed by atoms with Gasteiger partial charge in [-0.15, -0.1) is 0 Å². The third-order valence-electron chi connectivity index (χ3n) is 4.22. The summed E-state index contributed by atoms with van der Waals surface area (Å²) in [4.78, 5) is 47.4. The summed E-state index contributed by atoms with van der Waals surface area (Å²) in [6.07, 6.45) is 1.60. The molecule has 11 nitrogen and oxygen atoms in total. The first-order valence-electron chi connectivity index (χ1n) is 9.54. The lowest BCUT2D eigenvalue weighted by atomic mass is 10.1. The van der Waals surface area contributed by atoms with Gasteiger partial charge in [0.05, 0.1) is 13.1 Å². The van der Waals surface area contributed by atoms with Crippen molar-refractivity contribution in [2.75, 3.05) is 19.6 Å². The van der Waals surface area contributed by atoms with E-state index in [1.54, 1.807) is 12.1 Å². The molecule has 0 fully saturated rings. The Morgan fingerprint density at radius 2 is 1.57 bits per heavy atom. The Hall–Kier alpha value is -3.18. The third-order valence-corrected chi connectivity index (χ3v) is 4.22. The molecule has 0 radical (unpaired) electrons. The van der Waals surface area contributed by atoms with E-state index in [-0.39, 0.29) is 18.7 Å². The van der Waals surface area contributed by atoms with E-state index in [4.69, 9.17) is 11.5 Å². The highest BCUT2D eigenvalue weighted by Gasteiger charge is 2.23. The van der Waals surface area contributed by atoms with Crippen molar-refractivity contribution in [2.24, 2.45) is 11.5 Å². The summed E-state index contributed by atoms with van der Waals surface area (Å²) in [5, 5.41) is 25.8. The van der Waals surface area contributed by atoms with E-state index in [2.05, 4.69) is 16.0 Å². The van der Waals surface area contributed by atoms with Crippen molar-refractivity contribution in [3.63, 3.8) is 0 Å². The first-order valence-corrected chi connectivity index (χ1v) is 9.54. The van der Waals surface area contributed by atoms with Crippen molar-refractivity contribution < 1.29 is 29.4 Å². The maximum Gasteiger partial charge on any atom is 0.326 e. The van der Waals surface area contributed by atoms with E-state index < -0.39 is 42.3 Å². The molecule has 0 bridgehead atoms. The van der Waals surface area contributed by atoms with Gasteiger partial charge < -0.3 is 37.6 Å². The molecular weight excluding hydrogens is 394 g/mol. The molecule has 11 heteroatoms. The lowest BCUT2D eigenvalue weighted by Crippen LogP contribution is -2.51. The summed E-state index contributed by atoms with van der Waals surface area (Å²) >= 11 is 0. The van der Waals surface area contributed by atoms with Gasteiger partial charge in [0.1, 0.15) is 17.8 Å². The molecule has 3 amide bonds. The molecule has 0 heterocycles. The minimum Gasteiger partial charge on any atom is -0.508 e. The van der Waals surface area contributed by atoms with Gasteiger partial charge in [-0.25, -0.2) is 4.79 Å². The number of benzene rings is 1. The quantitative estimate of drug-likeness (QED) is 0.180. The standard InChI is InChI=1S/C19H29N5O6/c20-8-2-1-3-14(23-16(26)10-21)18(28)22-11-17(27)24-15(19(29)30)9-12-4-6-13(25)7-5-12/h4-7,14-15,25H,1-3,8-11,20-21H2,(H,22,28)(H,23,26)(H,24,27)(H,29,30). The molecule has 0 aliphatic carbocycles. The minimum atomic E-state index is -1.24. The number of hydrogen-bond donors (Lipinski definition) is 7. The second-order valence-electron chi connectivity index (χ2n) is 6.66. The second-order valence-corrected chi connectivity index (χ2v) is 6.66. The molecule has 0 spiro atoms. The largest absolute Gasteiger partial charge is 0.508 e. The van der Waals surface area contributed by atoms with Gasteiger partial charge in [-0.2, -0.15) is 0 Å². The number of nitrogens with two attached hydrogens (primary N) is 2. The smallest absolute Gasteiger partial charge is 0.326 e. The lowest BCUT2D eigenvalue weighted by Gasteiger charge is -2.19. The number of carboxylic acids is 1. The number of carbonyl (C=O) groups is 4. The maximum absolute atomic E-state index is 12.3. The molecule has 2 unspecified atom stereocenters. The fraction of sp³-hybridized carbons (Fsp3) is 0.474. The Bertz CT molecular complexity index is 725. The Morgan fingerprint density at radius 3 is 2.13 bits per heavy atom. The van der Waals surface area contributed by atoms with E-state index in [1.807, 2.05) is 0 Å². The van der Waals surface area contributed by atoms with Crippen molar-refractivity contribution in [3.05, 3.63) is 29.8 Å². The number of amides is 3. The second kappa shape index (κ2) is 13.1. The molecule has 1 aromatic carbocycles. The highest BCUT2D eigenvalue weighted by molar-refractivity contribution is 5.91. The molecule has 30 heavy (non-hydrogen) atoms. The predicted octanol–water partition coefficient (Wildman–Crippen LogP) is -1.81. The zero-order valence-corrected chi connectivity index (χ0v) is 16.6. The van der Waals surface area contributed by atoms with Gasteiger partial charge in [0.2, 0.25) is 17.7 Å². The van der Waals surface area contributed by atoms with Gasteiger partial charge in [0.25, 0.3) is 0 Å². The molecule has 0 aliphatic heterocycles. The van der Waals surface area contributed by atoms with E-state index in [9.17, 15) is 29.4 Å². The molecule has 166 valence electrons. The van der Waals surface area contributed by atoms with E-state index in [0.717, 1.165) is 0 Å². The average molecular weight is 423 g/mol. The van der Waals surface area contributed by atoms with Crippen LogP contribution in [0.3, 0.4) is 0 Å². The van der Waals surface area contributed by atoms with Gasteiger partial charge >= 0.3 is 5.97 Å². The number of carbonyl (C=O) groups excluding carboxylic acids is 3. The topological polar surface area (TPSA) is 197 Å². The number of hydrogen-bond acceptors (Lipinski definition) is 7. The number of phenols is 1. The Balaban J connectivity index is 2.60. The van der Waals surface area contributed by atoms with Crippen LogP contribution in [-0.4, -0.2) is 65.6 Å². The van der Waals surface area contributed by atoms with Crippen molar-refractivity contribution in [2.45, 2.75) is 37.8 Å². The number of unbranched alkanes of at least 4 members (excludes halogenated alkanes) is 1. The van der Waals surface area contributed by atoms with Crippen molar-refractivity contribution in [1.82, 2.24) is 16.0 Å². The summed E-state index contributed by atoms with van der Waals surface area (Å²) < 4.78 is 0. The van der Waals surface area contributed by atoms with Gasteiger partial charge in [0.15, 0.2) is 0 Å². The first kappa shape index (κ1) is 24.9. The summed E-state index contributed by atoms with van der Waals surface area (Å²) in [7, 11) is 0. The maximum atomic E-state index is 12.3. The number of aliphatic carboxylic acids is 1. The van der Waals surface area contributed by atoms with E-state index >= 15 is 0 Å². The molecule has 0 aromatic heterocycles. The lowest BCUT2D eigenvalue weighted by molar-refractivity contribution is -0.141. The normalized spacial score (nSPS) is 12.5. The van der Waals surface area contributed by atoms with Crippen LogP contribution in [0.4, 0.5) is 0 Å². The number of phenolic OH excluding ortho intramolecular Hbond substituents is 1. The third kappa shape index (κ3) is 9.34. The van der Waals surface area contributed by atoms with Gasteiger partial charge in [-0.3, -0.25) is 14.4 Å². The van der Waals surface area contributed by atoms with Gasteiger partial charge in [-0.1, -0.05) is 12.1 Å². The van der Waals surface area contributed by atoms with Crippen LogP contribution in [-0.2, 0) is 25.6 Å². The summed E-state index contributed by atoms with van der Waals surface area (Å²) in [6, 6.07) is 3.84. The van der Waals surface area contributed by atoms with Crippen LogP contribution < -0.4 is 27.4 Å². The van der Waals surface area contributed by atoms with Crippen LogP contribution in [0.15, 0.2) is 24.3 Å². The summed E-state index contributed by atoms with van der Waals surface area (Å²) in [6.45, 7) is -0.290. The average Bonchev–Trinajstić information content (AvgIpc) is 2.72. The molecule has 1 aromatic rings. The van der Waals surface area contributed by atoms with Crippen molar-refractivity contribution in [1.29, 1.82) is 0 Å². The Labute approximate surface area is 174 Å². The minimum absolute atomic E-state index is 0.00354. The highest BCUT2D eigenvalue weighted by Crippen LogP contribution is 2.11. The molecule has 9 N–H and O–H groups in total. The first-order chi connectivity index (χ1) is 14.3. The number of carboxylic acid groups (broad SMARTS) is 1. The van der Waals surface area contributed by atoms with Crippen LogP contribution in [0, 0.1) is 0 Å². The fourth-order valence-corrected chi connectivity index (χ4v) is 2.62. The molecule has 0 saturated heterocycles. The summed E-state index contributed by atoms with van der Waals surface area (Å²) in [5.74, 6) is -2.97. The van der Waals surface area contributed by atoms with Crippen LogP contribution in [0.5, 0.6) is 5.75 Å². The molecule has 1 rings (SSSR count). The van der Waals surface area contributed by atoms with E-state index in [0.29, 0.717) is 31.4 Å². The Kier molecular flexibility index (Phi) is 10.9. The predicted molar refractivity (Wildman–Crippen MR) is 108 cm³/mol. The van der Waals surface area contributed by atoms with Crippen LogP contribution in [0.2, 0.25) is 0 Å². The molecule has 0 aliphatic rings. The number of nitrogens with one attached hydrogen (secondary N) is 3. The van der Waals surface area contributed by atoms with Crippen LogP contribution in [0.1, 0.15) is 24.8 Å². The van der Waals surface area contributed by atoms with Crippen molar-refractivity contribution >= 4 is 23.7 Å². The fourth-order valence-electron chi connectivity index (χ4n) is 2.62.